The predicted molar refractivity (Wildman–Crippen MR) is 61.5 cm³/mol. The van der Waals surface area contributed by atoms with Crippen LogP contribution in [0.25, 0.3) is 10.9 Å². The third-order valence-corrected chi connectivity index (χ3v) is 2.76. The van der Waals surface area contributed by atoms with Crippen LogP contribution in [0, 0.1) is 10.1 Å². The lowest BCUT2D eigenvalue weighted by Crippen LogP contribution is -1.97. The van der Waals surface area contributed by atoms with E-state index in [2.05, 4.69) is 20.9 Å². The van der Waals surface area contributed by atoms with Crippen molar-refractivity contribution in [2.45, 2.75) is 0 Å². The number of fused-ring (bicyclic) bond motifs is 1. The van der Waals surface area contributed by atoms with Crippen molar-refractivity contribution >= 4 is 38.8 Å². The van der Waals surface area contributed by atoms with Gasteiger partial charge in [0.05, 0.1) is 21.4 Å². The third-order valence-electron chi connectivity index (χ3n) is 2.15. The topological polar surface area (TPSA) is 73.1 Å². The van der Waals surface area contributed by atoms with Crippen molar-refractivity contribution in [2.75, 3.05) is 0 Å². The number of carbonyl (C=O) groups is 1. The fourth-order valence-corrected chi connectivity index (χ4v) is 2.07. The summed E-state index contributed by atoms with van der Waals surface area (Å²) in [5.41, 5.74) is 0.304. The maximum absolute atomic E-state index is 10.9. The van der Waals surface area contributed by atoms with E-state index in [1.807, 2.05) is 0 Å². The molecule has 80 valence electrons. The highest BCUT2D eigenvalue weighted by Gasteiger charge is 2.20. The van der Waals surface area contributed by atoms with Gasteiger partial charge in [-0.2, -0.15) is 0 Å². The Labute approximate surface area is 98.4 Å². The molecule has 0 spiro atoms. The summed E-state index contributed by atoms with van der Waals surface area (Å²) in [7, 11) is 0. The fourth-order valence-electron chi connectivity index (χ4n) is 1.51. The van der Waals surface area contributed by atoms with Gasteiger partial charge >= 0.3 is 0 Å². The average Bonchev–Trinajstić information content (AvgIpc) is 2.28. The van der Waals surface area contributed by atoms with Gasteiger partial charge in [0.25, 0.3) is 5.69 Å². The second kappa shape index (κ2) is 3.97. The lowest BCUT2D eigenvalue weighted by Gasteiger charge is -2.03. The zero-order chi connectivity index (χ0) is 11.7. The number of pyridine rings is 1. The van der Waals surface area contributed by atoms with Crippen LogP contribution in [0.5, 0.6) is 0 Å². The van der Waals surface area contributed by atoms with Gasteiger partial charge in [0, 0.05) is 10.7 Å². The minimum absolute atomic E-state index is 0.0392. The second-order valence-corrected chi connectivity index (χ2v) is 3.93. The van der Waals surface area contributed by atoms with Gasteiger partial charge in [0.15, 0.2) is 6.29 Å². The average molecular weight is 281 g/mol. The number of rotatable bonds is 2. The van der Waals surface area contributed by atoms with Crippen molar-refractivity contribution in [3.63, 3.8) is 0 Å². The molecule has 6 heteroatoms. The van der Waals surface area contributed by atoms with Gasteiger partial charge in [-0.25, -0.2) is 0 Å². The number of carbonyl (C=O) groups excluding carboxylic acids is 1. The normalized spacial score (nSPS) is 10.3. The minimum Gasteiger partial charge on any atom is -0.298 e. The van der Waals surface area contributed by atoms with Gasteiger partial charge in [0.1, 0.15) is 0 Å². The maximum atomic E-state index is 10.9. The summed E-state index contributed by atoms with van der Waals surface area (Å²) in [6.07, 6.45) is 2.01. The molecule has 0 amide bonds. The Bertz CT molecular complexity index is 598. The molecule has 5 nitrogen and oxygen atoms in total. The van der Waals surface area contributed by atoms with E-state index < -0.39 is 4.92 Å². The number of halogens is 1. The summed E-state index contributed by atoms with van der Waals surface area (Å²) in [6, 6.07) is 4.56. The van der Waals surface area contributed by atoms with E-state index in [4.69, 9.17) is 0 Å². The Morgan fingerprint density at radius 1 is 1.50 bits per heavy atom. The Kier molecular flexibility index (Phi) is 2.66. The molecule has 0 aliphatic carbocycles. The molecule has 0 saturated heterocycles. The second-order valence-electron chi connectivity index (χ2n) is 3.07. The van der Waals surface area contributed by atoms with Crippen molar-refractivity contribution < 1.29 is 9.72 Å². The lowest BCUT2D eigenvalue weighted by molar-refractivity contribution is -0.383. The lowest BCUT2D eigenvalue weighted by atomic mass is 10.1. The molecular weight excluding hydrogens is 276 g/mol. The van der Waals surface area contributed by atoms with Gasteiger partial charge in [-0.15, -0.1) is 0 Å². The molecule has 0 aliphatic rings. The summed E-state index contributed by atoms with van der Waals surface area (Å²) < 4.78 is 0.566. The van der Waals surface area contributed by atoms with Crippen LogP contribution >= 0.6 is 15.9 Å². The number of nitro groups is 1. The SMILES string of the molecule is O=Cc1cc(Br)c2ncccc2c1[N+](=O)[O-]. The molecule has 1 heterocycles. The first-order chi connectivity index (χ1) is 7.65. The molecule has 2 aromatic rings. The minimum atomic E-state index is -0.569. The molecule has 0 aliphatic heterocycles. The van der Waals surface area contributed by atoms with Crippen LogP contribution in [-0.2, 0) is 0 Å². The molecule has 0 bridgehead atoms. The number of aldehydes is 1. The van der Waals surface area contributed by atoms with E-state index in [9.17, 15) is 14.9 Å². The van der Waals surface area contributed by atoms with Gasteiger partial charge in [-0.1, -0.05) is 0 Å². The Hall–Kier alpha value is -1.82. The summed E-state index contributed by atoms with van der Waals surface area (Å²) in [5, 5.41) is 11.3. The third kappa shape index (κ3) is 1.57. The fraction of sp³-hybridized carbons (Fsp3) is 0. The number of nitro benzene ring substituents is 1. The molecule has 2 rings (SSSR count). The molecule has 0 saturated carbocycles. The van der Waals surface area contributed by atoms with Crippen LogP contribution in [0.3, 0.4) is 0 Å². The van der Waals surface area contributed by atoms with E-state index >= 15 is 0 Å². The van der Waals surface area contributed by atoms with Crippen LogP contribution < -0.4 is 0 Å². The highest BCUT2D eigenvalue weighted by atomic mass is 79.9. The van der Waals surface area contributed by atoms with Crippen LogP contribution in [0.1, 0.15) is 10.4 Å². The Morgan fingerprint density at radius 2 is 2.25 bits per heavy atom. The largest absolute Gasteiger partial charge is 0.298 e. The van der Waals surface area contributed by atoms with Gasteiger partial charge < -0.3 is 0 Å². The molecule has 0 N–H and O–H groups in total. The van der Waals surface area contributed by atoms with E-state index in [-0.39, 0.29) is 11.3 Å². The van der Waals surface area contributed by atoms with Crippen molar-refractivity contribution in [1.29, 1.82) is 0 Å². The quantitative estimate of drug-likeness (QED) is 0.482. The highest BCUT2D eigenvalue weighted by Crippen LogP contribution is 2.32. The number of hydrogen-bond donors (Lipinski definition) is 0. The monoisotopic (exact) mass is 280 g/mol. The maximum Gasteiger partial charge on any atom is 0.289 e. The molecule has 1 aromatic heterocycles. The number of aromatic nitrogens is 1. The first-order valence-electron chi connectivity index (χ1n) is 4.32. The molecule has 0 radical (unpaired) electrons. The van der Waals surface area contributed by atoms with Crippen molar-refractivity contribution in [1.82, 2.24) is 4.98 Å². The number of nitrogens with zero attached hydrogens (tertiary/aromatic N) is 2. The summed E-state index contributed by atoms with van der Waals surface area (Å²) >= 11 is 3.23. The molecule has 0 unspecified atom stereocenters. The summed E-state index contributed by atoms with van der Waals surface area (Å²) in [6.45, 7) is 0. The zero-order valence-electron chi connectivity index (χ0n) is 7.88. The van der Waals surface area contributed by atoms with Gasteiger partial charge in [0.2, 0.25) is 0 Å². The summed E-state index contributed by atoms with van der Waals surface area (Å²) in [5.74, 6) is 0. The Balaban J connectivity index is 2.98. The Morgan fingerprint density at radius 3 is 2.88 bits per heavy atom. The van der Waals surface area contributed by atoms with Crippen LogP contribution in [-0.4, -0.2) is 16.2 Å². The number of benzene rings is 1. The van der Waals surface area contributed by atoms with E-state index in [1.54, 1.807) is 12.1 Å². The first-order valence-corrected chi connectivity index (χ1v) is 5.11. The molecule has 0 atom stereocenters. The van der Waals surface area contributed by atoms with Crippen LogP contribution in [0.2, 0.25) is 0 Å². The standard InChI is InChI=1S/C10H5BrN2O3/c11-8-4-6(5-14)10(13(15)16)7-2-1-3-12-9(7)8/h1-5H. The molecular formula is C10H5BrN2O3. The van der Waals surface area contributed by atoms with Crippen molar-refractivity contribution in [3.05, 3.63) is 44.5 Å². The predicted octanol–water partition coefficient (Wildman–Crippen LogP) is 2.72. The molecule has 0 fully saturated rings. The first kappa shape index (κ1) is 10.7. The van der Waals surface area contributed by atoms with E-state index in [0.29, 0.717) is 21.7 Å². The zero-order valence-corrected chi connectivity index (χ0v) is 9.47. The number of hydrogen-bond acceptors (Lipinski definition) is 4. The smallest absolute Gasteiger partial charge is 0.289 e. The summed E-state index contributed by atoms with van der Waals surface area (Å²) in [4.78, 5) is 25.2. The van der Waals surface area contributed by atoms with Gasteiger partial charge in [-0.05, 0) is 34.1 Å². The van der Waals surface area contributed by atoms with Crippen LogP contribution in [0.15, 0.2) is 28.9 Å². The van der Waals surface area contributed by atoms with E-state index in [0.717, 1.165) is 0 Å². The van der Waals surface area contributed by atoms with E-state index in [1.165, 1.54) is 12.3 Å². The van der Waals surface area contributed by atoms with Crippen molar-refractivity contribution in [2.24, 2.45) is 0 Å². The molecule has 1 aromatic carbocycles. The van der Waals surface area contributed by atoms with Crippen molar-refractivity contribution in [3.8, 4) is 0 Å². The highest BCUT2D eigenvalue weighted by molar-refractivity contribution is 9.10. The van der Waals surface area contributed by atoms with Crippen LogP contribution in [0.4, 0.5) is 5.69 Å². The van der Waals surface area contributed by atoms with Gasteiger partial charge in [-0.3, -0.25) is 19.9 Å². The molecule has 16 heavy (non-hydrogen) atoms.